The van der Waals surface area contributed by atoms with Gasteiger partial charge in [-0.15, -0.1) is 11.3 Å². The van der Waals surface area contributed by atoms with E-state index in [1.54, 1.807) is 18.4 Å². The van der Waals surface area contributed by atoms with E-state index in [1.807, 2.05) is 20.0 Å². The van der Waals surface area contributed by atoms with Gasteiger partial charge in [0.25, 0.3) is 0 Å². The topological polar surface area (TPSA) is 34.2 Å². The minimum absolute atomic E-state index is 0.805. The largest absolute Gasteiger partial charge is 0.496 e. The molecule has 2 aromatic rings. The van der Waals surface area contributed by atoms with Crippen LogP contribution in [0.25, 0.3) is 10.4 Å². The zero-order chi connectivity index (χ0) is 13.1. The summed E-state index contributed by atoms with van der Waals surface area (Å²) in [6, 6.07) is 6.23. The quantitative estimate of drug-likeness (QED) is 0.919. The average molecular weight is 262 g/mol. The standard InChI is InChI=1S/C14H18N2OS/c1-9-5-6-12(17-4)11(7-9)14-10(2)16-13(18-14)8-15-3/h5-7,15H,8H2,1-4H3. The van der Waals surface area contributed by atoms with Crippen LogP contribution in [0.2, 0.25) is 0 Å². The predicted octanol–water partition coefficient (Wildman–Crippen LogP) is 3.15. The lowest BCUT2D eigenvalue weighted by atomic mass is 10.1. The first kappa shape index (κ1) is 13.1. The van der Waals surface area contributed by atoms with Crippen LogP contribution in [-0.4, -0.2) is 19.1 Å². The Kier molecular flexibility index (Phi) is 3.99. The summed E-state index contributed by atoms with van der Waals surface area (Å²) in [4.78, 5) is 5.78. The number of rotatable bonds is 4. The van der Waals surface area contributed by atoms with E-state index in [-0.39, 0.29) is 0 Å². The van der Waals surface area contributed by atoms with Gasteiger partial charge in [-0.3, -0.25) is 0 Å². The van der Waals surface area contributed by atoms with E-state index in [0.29, 0.717) is 0 Å². The van der Waals surface area contributed by atoms with Gasteiger partial charge < -0.3 is 10.1 Å². The van der Waals surface area contributed by atoms with Gasteiger partial charge in [0.2, 0.25) is 0 Å². The number of benzene rings is 1. The highest BCUT2D eigenvalue weighted by Gasteiger charge is 2.13. The number of aryl methyl sites for hydroxylation is 2. The van der Waals surface area contributed by atoms with Crippen molar-refractivity contribution in [2.75, 3.05) is 14.2 Å². The summed E-state index contributed by atoms with van der Waals surface area (Å²) >= 11 is 1.72. The van der Waals surface area contributed by atoms with Gasteiger partial charge >= 0.3 is 0 Å². The van der Waals surface area contributed by atoms with Gasteiger partial charge in [0.05, 0.1) is 17.7 Å². The summed E-state index contributed by atoms with van der Waals surface area (Å²) in [6.45, 7) is 4.94. The number of nitrogens with one attached hydrogen (secondary N) is 1. The third-order valence-electron chi connectivity index (χ3n) is 2.77. The van der Waals surface area contributed by atoms with Gasteiger partial charge in [-0.25, -0.2) is 4.98 Å². The highest BCUT2D eigenvalue weighted by atomic mass is 32.1. The van der Waals surface area contributed by atoms with Crippen molar-refractivity contribution in [3.05, 3.63) is 34.5 Å². The van der Waals surface area contributed by atoms with Crippen LogP contribution in [0.15, 0.2) is 18.2 Å². The second kappa shape index (κ2) is 5.50. The molecule has 0 aliphatic rings. The van der Waals surface area contributed by atoms with Crippen LogP contribution in [0.3, 0.4) is 0 Å². The maximum Gasteiger partial charge on any atom is 0.127 e. The third-order valence-corrected chi connectivity index (χ3v) is 3.96. The second-order valence-corrected chi connectivity index (χ2v) is 5.34. The van der Waals surface area contributed by atoms with E-state index in [4.69, 9.17) is 4.74 Å². The zero-order valence-electron chi connectivity index (χ0n) is 11.2. The van der Waals surface area contributed by atoms with E-state index < -0.39 is 0 Å². The normalized spacial score (nSPS) is 10.7. The van der Waals surface area contributed by atoms with Gasteiger partial charge in [-0.2, -0.15) is 0 Å². The number of hydrogen-bond acceptors (Lipinski definition) is 4. The van der Waals surface area contributed by atoms with Gasteiger partial charge in [-0.1, -0.05) is 11.6 Å². The van der Waals surface area contributed by atoms with Gasteiger partial charge in [0.15, 0.2) is 0 Å². The molecule has 0 saturated carbocycles. The molecule has 0 aliphatic carbocycles. The van der Waals surface area contributed by atoms with Crippen LogP contribution >= 0.6 is 11.3 Å². The molecule has 1 N–H and O–H groups in total. The molecule has 1 aromatic carbocycles. The zero-order valence-corrected chi connectivity index (χ0v) is 12.0. The summed E-state index contributed by atoms with van der Waals surface area (Å²) < 4.78 is 5.44. The summed E-state index contributed by atoms with van der Waals surface area (Å²) in [5.74, 6) is 0.906. The van der Waals surface area contributed by atoms with Crippen molar-refractivity contribution < 1.29 is 4.74 Å². The van der Waals surface area contributed by atoms with Crippen molar-refractivity contribution >= 4 is 11.3 Å². The van der Waals surface area contributed by atoms with Crippen molar-refractivity contribution in [1.29, 1.82) is 0 Å². The minimum atomic E-state index is 0.805. The predicted molar refractivity (Wildman–Crippen MR) is 76.3 cm³/mol. The molecule has 18 heavy (non-hydrogen) atoms. The fourth-order valence-electron chi connectivity index (χ4n) is 1.93. The van der Waals surface area contributed by atoms with Gasteiger partial charge in [-0.05, 0) is 33.0 Å². The third kappa shape index (κ3) is 2.54. The Balaban J connectivity index is 2.50. The van der Waals surface area contributed by atoms with E-state index in [0.717, 1.165) is 28.6 Å². The summed E-state index contributed by atoms with van der Waals surface area (Å²) in [5, 5.41) is 4.24. The Hall–Kier alpha value is -1.39. The van der Waals surface area contributed by atoms with Gasteiger partial charge in [0.1, 0.15) is 10.8 Å². The Bertz CT molecular complexity index is 549. The minimum Gasteiger partial charge on any atom is -0.496 e. The first-order valence-electron chi connectivity index (χ1n) is 5.91. The highest BCUT2D eigenvalue weighted by Crippen LogP contribution is 2.36. The summed E-state index contributed by atoms with van der Waals surface area (Å²) in [6.07, 6.45) is 0. The number of thiazole rings is 1. The lowest BCUT2D eigenvalue weighted by Gasteiger charge is -2.08. The number of nitrogens with zero attached hydrogens (tertiary/aromatic N) is 1. The highest BCUT2D eigenvalue weighted by molar-refractivity contribution is 7.15. The molecule has 0 saturated heterocycles. The molecule has 4 heteroatoms. The molecule has 1 heterocycles. The molecule has 0 spiro atoms. The smallest absolute Gasteiger partial charge is 0.127 e. The molecule has 0 bridgehead atoms. The van der Waals surface area contributed by atoms with Crippen molar-refractivity contribution in [1.82, 2.24) is 10.3 Å². The number of methoxy groups -OCH3 is 1. The van der Waals surface area contributed by atoms with Crippen LogP contribution in [0.1, 0.15) is 16.3 Å². The Morgan fingerprint density at radius 2 is 2.11 bits per heavy atom. The molecule has 0 aliphatic heterocycles. The molecular weight excluding hydrogens is 244 g/mol. The van der Waals surface area contributed by atoms with E-state index in [2.05, 4.69) is 29.4 Å². The van der Waals surface area contributed by atoms with E-state index >= 15 is 0 Å². The lowest BCUT2D eigenvalue weighted by Crippen LogP contribution is -2.04. The molecule has 0 atom stereocenters. The van der Waals surface area contributed by atoms with Crippen LogP contribution in [0.5, 0.6) is 5.75 Å². The number of aromatic nitrogens is 1. The molecule has 0 unspecified atom stereocenters. The van der Waals surface area contributed by atoms with Crippen LogP contribution in [0.4, 0.5) is 0 Å². The second-order valence-electron chi connectivity index (χ2n) is 4.26. The van der Waals surface area contributed by atoms with Gasteiger partial charge in [0, 0.05) is 12.1 Å². The Morgan fingerprint density at radius 1 is 1.33 bits per heavy atom. The van der Waals surface area contributed by atoms with Crippen molar-refractivity contribution in [3.63, 3.8) is 0 Å². The molecule has 0 radical (unpaired) electrons. The number of ether oxygens (including phenoxy) is 1. The SMILES string of the molecule is CNCc1nc(C)c(-c2cc(C)ccc2OC)s1. The first-order chi connectivity index (χ1) is 8.65. The van der Waals surface area contributed by atoms with Crippen molar-refractivity contribution in [3.8, 4) is 16.2 Å². The Morgan fingerprint density at radius 3 is 2.78 bits per heavy atom. The molecular formula is C14H18N2OS. The van der Waals surface area contributed by atoms with E-state index in [1.165, 1.54) is 10.4 Å². The monoisotopic (exact) mass is 262 g/mol. The fraction of sp³-hybridized carbons (Fsp3) is 0.357. The first-order valence-corrected chi connectivity index (χ1v) is 6.73. The molecule has 0 fully saturated rings. The maximum absolute atomic E-state index is 5.44. The van der Waals surface area contributed by atoms with E-state index in [9.17, 15) is 0 Å². The molecule has 2 rings (SSSR count). The van der Waals surface area contributed by atoms with Crippen molar-refractivity contribution in [2.24, 2.45) is 0 Å². The molecule has 3 nitrogen and oxygen atoms in total. The molecule has 0 amide bonds. The van der Waals surface area contributed by atoms with Crippen molar-refractivity contribution in [2.45, 2.75) is 20.4 Å². The summed E-state index contributed by atoms with van der Waals surface area (Å²) in [5.41, 5.74) is 3.43. The molecule has 96 valence electrons. The number of hydrogen-bond donors (Lipinski definition) is 1. The van der Waals surface area contributed by atoms with Crippen LogP contribution in [0, 0.1) is 13.8 Å². The average Bonchev–Trinajstić information content (AvgIpc) is 2.70. The Labute approximate surface area is 112 Å². The fourth-order valence-corrected chi connectivity index (χ4v) is 3.03. The van der Waals surface area contributed by atoms with Crippen LogP contribution < -0.4 is 10.1 Å². The summed E-state index contributed by atoms with van der Waals surface area (Å²) in [7, 11) is 3.64. The lowest BCUT2D eigenvalue weighted by molar-refractivity contribution is 0.416. The van der Waals surface area contributed by atoms with Crippen LogP contribution in [-0.2, 0) is 6.54 Å². The maximum atomic E-state index is 5.44. The molecule has 1 aromatic heterocycles.